The fourth-order valence-corrected chi connectivity index (χ4v) is 15.4. The van der Waals surface area contributed by atoms with Crippen molar-refractivity contribution in [1.29, 1.82) is 0 Å². The Kier molecular flexibility index (Phi) is 8.34. The zero-order chi connectivity index (χ0) is 48.5. The molecule has 3 nitrogen and oxygen atoms in total. The Morgan fingerprint density at radius 1 is 0.557 bits per heavy atom. The molecule has 70 heavy (non-hydrogen) atoms. The van der Waals surface area contributed by atoms with Gasteiger partial charge in [-0.1, -0.05) is 139 Å². The minimum atomic E-state index is -0.123. The molecule has 2 aliphatic heterocycles. The Morgan fingerprint density at radius 2 is 1.19 bits per heavy atom. The van der Waals surface area contributed by atoms with Gasteiger partial charge in [0, 0.05) is 79.1 Å². The van der Waals surface area contributed by atoms with Crippen molar-refractivity contribution in [3.05, 3.63) is 137 Å². The highest BCUT2D eigenvalue weighted by atomic mass is 32.1. The topological polar surface area (TPSA) is 21.3 Å². The lowest BCUT2D eigenvalue weighted by atomic mass is 9.47. The van der Waals surface area contributed by atoms with Gasteiger partial charge >= 0.3 is 6.85 Å². The molecule has 11 aromatic rings. The Balaban J connectivity index is 1.21. The van der Waals surface area contributed by atoms with Crippen molar-refractivity contribution >= 4 is 125 Å². The Morgan fingerprint density at radius 3 is 1.90 bits per heavy atom. The summed E-state index contributed by atoms with van der Waals surface area (Å²) < 4.78 is 15.6. The Hall–Kier alpha value is -5.82. The van der Waals surface area contributed by atoms with Gasteiger partial charge in [-0.3, -0.25) is 0 Å². The standard InChI is InChI=1S/C64H61BN2OS2/c1-60(2,3)34-18-22-37(23-19-34)67-47-31-40-38-24-20-36(62(7,8)9)29-49(38)69-50(40)32-42(47)54-55-57-52(53-39-16-14-15-17-48(39)68-58(53)54)41-28-35(61(4,5)6)21-25-46(41)66(57)56-43-30-44-45(33-51(43)70-59(56)65(55)67)64(12,13)27-26-63(44,10)11/h14-25,28-33H,26-27H2,1-13H3. The highest BCUT2D eigenvalue weighted by Gasteiger charge is 2.49. The van der Waals surface area contributed by atoms with Gasteiger partial charge in [-0.15, -0.1) is 22.7 Å². The van der Waals surface area contributed by atoms with Crippen molar-refractivity contribution in [1.82, 2.24) is 4.57 Å². The van der Waals surface area contributed by atoms with Crippen molar-refractivity contribution in [3.8, 4) is 16.8 Å². The van der Waals surface area contributed by atoms with Gasteiger partial charge in [0.05, 0.1) is 16.7 Å². The van der Waals surface area contributed by atoms with E-state index >= 15 is 0 Å². The third-order valence-corrected chi connectivity index (χ3v) is 19.4. The SMILES string of the molecule is CC(C)(C)c1ccc(N2B3c4sc5cc6c(cc5c4-n4c5ccc(C(C)(C)C)cc5c5c7c(oc8ccccc87)c(c3c54)-c3cc4sc5cc(C(C)(C)C)ccc5c4cc32)C(C)(C)CCC6(C)C)cc1. The van der Waals surface area contributed by atoms with E-state index in [1.807, 2.05) is 22.7 Å². The molecule has 0 spiro atoms. The predicted molar refractivity (Wildman–Crippen MR) is 307 cm³/mol. The zero-order valence-electron chi connectivity index (χ0n) is 43.0. The maximum absolute atomic E-state index is 7.40. The van der Waals surface area contributed by atoms with Gasteiger partial charge in [-0.25, -0.2) is 0 Å². The average molecular weight is 949 g/mol. The van der Waals surface area contributed by atoms with Gasteiger partial charge in [0.15, 0.2) is 0 Å². The summed E-state index contributed by atoms with van der Waals surface area (Å²) in [6.07, 6.45) is 2.36. The normalized spacial score (nSPS) is 16.4. The van der Waals surface area contributed by atoms with Crippen LogP contribution < -0.4 is 15.1 Å². The molecule has 0 N–H and O–H groups in total. The molecule has 0 fully saturated rings. The third-order valence-electron chi connectivity index (χ3n) is 17.1. The third kappa shape index (κ3) is 5.69. The number of aromatic nitrogens is 1. The van der Waals surface area contributed by atoms with Crippen LogP contribution in [0.1, 0.15) is 131 Å². The number of nitrogens with zero attached hydrogens (tertiary/aromatic N) is 2. The van der Waals surface area contributed by atoms with E-state index in [0.29, 0.717) is 0 Å². The number of hydrogen-bond acceptors (Lipinski definition) is 4. The lowest BCUT2D eigenvalue weighted by Crippen LogP contribution is -2.59. The second-order valence-electron chi connectivity index (χ2n) is 25.6. The van der Waals surface area contributed by atoms with Crippen LogP contribution in [-0.2, 0) is 27.1 Å². The fraction of sp³-hybridized carbons (Fsp3) is 0.312. The van der Waals surface area contributed by atoms with Crippen LogP contribution in [-0.4, -0.2) is 11.4 Å². The summed E-state index contributed by atoms with van der Waals surface area (Å²) >= 11 is 3.96. The van der Waals surface area contributed by atoms with Crippen molar-refractivity contribution < 1.29 is 4.42 Å². The number of furan rings is 1. The molecular formula is C64H61BN2OS2. The van der Waals surface area contributed by atoms with Crippen LogP contribution in [0.2, 0.25) is 0 Å². The molecule has 0 atom stereocenters. The summed E-state index contributed by atoms with van der Waals surface area (Å²) in [6, 6.07) is 43.3. The molecule has 4 aromatic heterocycles. The van der Waals surface area contributed by atoms with Crippen LogP contribution in [0.15, 0.2) is 114 Å². The van der Waals surface area contributed by atoms with Crippen LogP contribution in [0.25, 0.3) is 90.8 Å². The largest absolute Gasteiger partial charge is 0.455 e. The number of anilines is 2. The van der Waals surface area contributed by atoms with E-state index in [1.54, 1.807) is 0 Å². The predicted octanol–water partition coefficient (Wildman–Crippen LogP) is 17.7. The molecule has 0 saturated heterocycles. The molecule has 6 heteroatoms. The number of para-hydroxylation sites is 1. The second kappa shape index (κ2) is 13.6. The second-order valence-corrected chi connectivity index (χ2v) is 27.8. The van der Waals surface area contributed by atoms with Gasteiger partial charge in [0.2, 0.25) is 0 Å². The van der Waals surface area contributed by atoms with Crippen LogP contribution in [0.4, 0.5) is 11.4 Å². The number of fused-ring (bicyclic) bond motifs is 19. The Labute approximate surface area is 420 Å². The van der Waals surface area contributed by atoms with Gasteiger partial charge in [0.1, 0.15) is 11.2 Å². The van der Waals surface area contributed by atoms with Crippen molar-refractivity contribution in [2.75, 3.05) is 4.81 Å². The molecule has 7 aromatic carbocycles. The van der Waals surface area contributed by atoms with Crippen LogP contribution in [0, 0.1) is 0 Å². The highest BCUT2D eigenvalue weighted by Crippen LogP contribution is 2.56. The molecule has 1 aliphatic carbocycles. The smallest absolute Gasteiger partial charge is 0.343 e. The highest BCUT2D eigenvalue weighted by molar-refractivity contribution is 7.32. The minimum Gasteiger partial charge on any atom is -0.455 e. The first-order valence-corrected chi connectivity index (χ1v) is 27.2. The van der Waals surface area contributed by atoms with Crippen molar-refractivity contribution in [2.24, 2.45) is 0 Å². The van der Waals surface area contributed by atoms with Crippen molar-refractivity contribution in [2.45, 2.75) is 130 Å². The summed E-state index contributed by atoms with van der Waals surface area (Å²) in [5.41, 5.74) is 19.4. The first kappa shape index (κ1) is 43.0. The van der Waals surface area contributed by atoms with Crippen molar-refractivity contribution in [3.63, 3.8) is 0 Å². The first-order valence-electron chi connectivity index (χ1n) is 25.6. The Bertz CT molecular complexity index is 4130. The molecule has 0 radical (unpaired) electrons. The van der Waals surface area contributed by atoms with Gasteiger partial charge in [-0.05, 0) is 134 Å². The first-order chi connectivity index (χ1) is 33.1. The van der Waals surface area contributed by atoms with Crippen LogP contribution >= 0.6 is 22.7 Å². The summed E-state index contributed by atoms with van der Waals surface area (Å²) in [4.78, 5) is 2.74. The maximum atomic E-state index is 7.40. The molecule has 0 saturated carbocycles. The molecule has 3 aliphatic rings. The van der Waals surface area contributed by atoms with E-state index in [-0.39, 0.29) is 33.9 Å². The molecule has 348 valence electrons. The molecule has 14 rings (SSSR count). The average Bonchev–Trinajstić information content (AvgIpc) is 4.06. The summed E-state index contributed by atoms with van der Waals surface area (Å²) in [5, 5.41) is 9.01. The van der Waals surface area contributed by atoms with Gasteiger partial charge in [0.25, 0.3) is 0 Å². The van der Waals surface area contributed by atoms with E-state index in [9.17, 15) is 0 Å². The van der Waals surface area contributed by atoms with E-state index < -0.39 is 0 Å². The quantitative estimate of drug-likeness (QED) is 0.153. The van der Waals surface area contributed by atoms with E-state index in [1.165, 1.54) is 142 Å². The van der Waals surface area contributed by atoms with E-state index in [4.69, 9.17) is 4.42 Å². The monoisotopic (exact) mass is 948 g/mol. The van der Waals surface area contributed by atoms with Gasteiger partial charge < -0.3 is 13.8 Å². The number of hydrogen-bond donors (Lipinski definition) is 0. The summed E-state index contributed by atoms with van der Waals surface area (Å²) in [6.45, 7) is 30.8. The van der Waals surface area contributed by atoms with Crippen LogP contribution in [0.5, 0.6) is 0 Å². The van der Waals surface area contributed by atoms with Gasteiger partial charge in [-0.2, -0.15) is 0 Å². The summed E-state index contributed by atoms with van der Waals surface area (Å²) in [7, 11) is 0. The lowest BCUT2D eigenvalue weighted by Gasteiger charge is -2.42. The fourth-order valence-electron chi connectivity index (χ4n) is 12.9. The number of thiophene rings is 2. The number of rotatable bonds is 1. The summed E-state index contributed by atoms with van der Waals surface area (Å²) in [5.74, 6) is 0. The molecule has 0 unspecified atom stereocenters. The number of benzene rings is 7. The molecule has 0 amide bonds. The van der Waals surface area contributed by atoms with E-state index in [2.05, 4.69) is 209 Å². The molecule has 6 heterocycles. The zero-order valence-corrected chi connectivity index (χ0v) is 44.6. The molecule has 0 bridgehead atoms. The van der Waals surface area contributed by atoms with Crippen LogP contribution in [0.3, 0.4) is 0 Å². The van der Waals surface area contributed by atoms with E-state index in [0.717, 1.165) is 11.2 Å². The molecular weight excluding hydrogens is 888 g/mol. The maximum Gasteiger partial charge on any atom is 0.343 e. The lowest BCUT2D eigenvalue weighted by molar-refractivity contribution is 0.332. The minimum absolute atomic E-state index is 0.0225.